The Labute approximate surface area is 264 Å². The number of rotatable bonds is 4. The molecule has 4 atom stereocenters. The van der Waals surface area contributed by atoms with E-state index in [1.807, 2.05) is 45.1 Å². The molecule has 0 spiro atoms. The zero-order valence-electron chi connectivity index (χ0n) is 26.0. The third-order valence-corrected chi connectivity index (χ3v) is 9.90. The van der Waals surface area contributed by atoms with Gasteiger partial charge in [-0.25, -0.2) is 17.9 Å². The van der Waals surface area contributed by atoms with Gasteiger partial charge in [0.15, 0.2) is 6.10 Å². The number of hydrogen-bond donors (Lipinski definition) is 3. The Bertz CT molecular complexity index is 1620. The Kier molecular flexibility index (Phi) is 9.25. The Morgan fingerprint density at radius 3 is 2.51 bits per heavy atom. The maximum Gasteiger partial charge on any atom is 0.408 e. The number of nitrogens with one attached hydrogen (secondary N) is 3. The summed E-state index contributed by atoms with van der Waals surface area (Å²) in [6, 6.07) is 11.0. The van der Waals surface area contributed by atoms with E-state index in [4.69, 9.17) is 4.74 Å². The summed E-state index contributed by atoms with van der Waals surface area (Å²) in [6.45, 7) is 5.73. The topological polar surface area (TPSA) is 151 Å². The van der Waals surface area contributed by atoms with Crippen molar-refractivity contribution in [1.29, 1.82) is 0 Å². The van der Waals surface area contributed by atoms with Crippen LogP contribution in [0.4, 0.5) is 4.79 Å². The van der Waals surface area contributed by atoms with Gasteiger partial charge in [-0.05, 0) is 88.6 Å². The van der Waals surface area contributed by atoms with E-state index >= 15 is 0 Å². The lowest BCUT2D eigenvalue weighted by Gasteiger charge is -2.30. The van der Waals surface area contributed by atoms with E-state index in [2.05, 4.69) is 15.4 Å². The van der Waals surface area contributed by atoms with Gasteiger partial charge in [0.25, 0.3) is 21.8 Å². The fourth-order valence-corrected chi connectivity index (χ4v) is 7.18. The Morgan fingerprint density at radius 1 is 1.00 bits per heavy atom. The largest absolute Gasteiger partial charge is 0.436 e. The van der Waals surface area contributed by atoms with Gasteiger partial charge in [0.05, 0.1) is 4.90 Å². The van der Waals surface area contributed by atoms with E-state index in [9.17, 15) is 27.6 Å². The highest BCUT2D eigenvalue weighted by atomic mass is 32.2. The van der Waals surface area contributed by atoms with Gasteiger partial charge in [0.2, 0.25) is 5.91 Å². The van der Waals surface area contributed by atoms with Crippen LogP contribution in [0.1, 0.15) is 72.1 Å². The Morgan fingerprint density at radius 2 is 1.76 bits per heavy atom. The smallest absolute Gasteiger partial charge is 0.408 e. The van der Waals surface area contributed by atoms with Crippen LogP contribution in [0, 0.1) is 5.92 Å². The molecular formula is C33H42N4O7S. The standard InChI is InChI=1S/C33H42N4O7S/c1-32(2,3)35-31(41)44-27-16-8-6-4-5-7-14-24-21-33(24,34-28(38)26-15-11-19-37(26)29(27)39)30(40)36-45(42,43)25-18-17-22-12-9-10-13-23(22)20-25/h7,9-10,12-14,17-18,20,24,26-27H,4-6,8,11,15-16,19,21H2,1-3H3,(H,34,38)(H,35,41)(H,36,40)/t24-,26+,27+,33-/m1/s1. The lowest BCUT2D eigenvalue weighted by Crippen LogP contribution is -2.57. The molecule has 3 aliphatic rings. The number of ether oxygens (including phenoxy) is 1. The molecule has 0 aromatic heterocycles. The predicted molar refractivity (Wildman–Crippen MR) is 168 cm³/mol. The molecule has 0 bridgehead atoms. The summed E-state index contributed by atoms with van der Waals surface area (Å²) in [5.74, 6) is -2.21. The van der Waals surface area contributed by atoms with Gasteiger partial charge in [-0.3, -0.25) is 14.4 Å². The maximum atomic E-state index is 13.7. The minimum absolute atomic E-state index is 0.0590. The number of allylic oxidation sites excluding steroid dienone is 1. The van der Waals surface area contributed by atoms with E-state index in [-0.39, 0.29) is 11.3 Å². The van der Waals surface area contributed by atoms with Crippen molar-refractivity contribution in [3.63, 3.8) is 0 Å². The third kappa shape index (κ3) is 7.49. The molecule has 3 N–H and O–H groups in total. The van der Waals surface area contributed by atoms with E-state index in [0.29, 0.717) is 44.0 Å². The molecule has 2 aromatic rings. The van der Waals surface area contributed by atoms with E-state index in [0.717, 1.165) is 18.2 Å². The summed E-state index contributed by atoms with van der Waals surface area (Å²) in [6.07, 6.45) is 6.49. The number of fused-ring (bicyclic) bond motifs is 3. The molecule has 2 fully saturated rings. The van der Waals surface area contributed by atoms with Crippen molar-refractivity contribution in [2.75, 3.05) is 6.54 Å². The van der Waals surface area contributed by atoms with Crippen molar-refractivity contribution in [1.82, 2.24) is 20.3 Å². The van der Waals surface area contributed by atoms with Gasteiger partial charge >= 0.3 is 6.09 Å². The molecule has 4 amide bonds. The first kappa shape index (κ1) is 32.5. The van der Waals surface area contributed by atoms with Crippen molar-refractivity contribution in [2.24, 2.45) is 5.92 Å². The van der Waals surface area contributed by atoms with Crippen LogP contribution in [0.2, 0.25) is 0 Å². The molecule has 242 valence electrons. The summed E-state index contributed by atoms with van der Waals surface area (Å²) in [5.41, 5.74) is -2.03. The number of benzene rings is 2. The summed E-state index contributed by atoms with van der Waals surface area (Å²) >= 11 is 0. The fraction of sp³-hybridized carbons (Fsp3) is 0.515. The molecule has 45 heavy (non-hydrogen) atoms. The number of sulfonamides is 1. The highest BCUT2D eigenvalue weighted by Crippen LogP contribution is 2.46. The fourth-order valence-electron chi connectivity index (χ4n) is 6.11. The molecule has 5 rings (SSSR count). The number of amides is 4. The molecule has 2 aromatic carbocycles. The number of hydrogen-bond acceptors (Lipinski definition) is 7. The highest BCUT2D eigenvalue weighted by molar-refractivity contribution is 7.90. The van der Waals surface area contributed by atoms with Gasteiger partial charge in [-0.1, -0.05) is 48.9 Å². The summed E-state index contributed by atoms with van der Waals surface area (Å²) < 4.78 is 34.5. The normalized spacial score (nSPS) is 26.1. The number of carbonyl (C=O) groups is 4. The van der Waals surface area contributed by atoms with Gasteiger partial charge < -0.3 is 20.3 Å². The third-order valence-electron chi connectivity index (χ3n) is 8.57. The summed E-state index contributed by atoms with van der Waals surface area (Å²) in [5, 5.41) is 7.14. The quantitative estimate of drug-likeness (QED) is 0.430. The second-order valence-electron chi connectivity index (χ2n) is 13.2. The number of alkyl carbamates (subject to hydrolysis) is 1. The highest BCUT2D eigenvalue weighted by Gasteiger charge is 2.61. The summed E-state index contributed by atoms with van der Waals surface area (Å²) in [4.78, 5) is 55.2. The molecule has 1 saturated heterocycles. The van der Waals surface area contributed by atoms with Crippen LogP contribution in [-0.2, 0) is 29.1 Å². The van der Waals surface area contributed by atoms with Gasteiger partial charge in [-0.15, -0.1) is 0 Å². The van der Waals surface area contributed by atoms with Crippen LogP contribution in [0.5, 0.6) is 0 Å². The van der Waals surface area contributed by atoms with Crippen LogP contribution >= 0.6 is 0 Å². The number of carbonyl (C=O) groups excluding carboxylic acids is 4. The first-order chi connectivity index (χ1) is 21.3. The monoisotopic (exact) mass is 638 g/mol. The van der Waals surface area contributed by atoms with Crippen molar-refractivity contribution in [3.05, 3.63) is 54.6 Å². The lowest BCUT2D eigenvalue weighted by molar-refractivity contribution is -0.146. The van der Waals surface area contributed by atoms with Gasteiger partial charge in [0.1, 0.15) is 11.6 Å². The van der Waals surface area contributed by atoms with Crippen LogP contribution in [0.15, 0.2) is 59.5 Å². The van der Waals surface area contributed by atoms with Crippen LogP contribution in [0.25, 0.3) is 10.8 Å². The Balaban J connectivity index is 1.37. The van der Waals surface area contributed by atoms with Crippen LogP contribution in [0.3, 0.4) is 0 Å². The minimum atomic E-state index is -4.25. The van der Waals surface area contributed by atoms with E-state index in [1.165, 1.54) is 17.0 Å². The average Bonchev–Trinajstić information content (AvgIpc) is 3.43. The van der Waals surface area contributed by atoms with E-state index in [1.54, 1.807) is 18.2 Å². The van der Waals surface area contributed by atoms with E-state index < -0.39 is 63.0 Å². The second kappa shape index (κ2) is 12.8. The molecule has 2 heterocycles. The predicted octanol–water partition coefficient (Wildman–Crippen LogP) is 3.92. The molecule has 0 radical (unpaired) electrons. The first-order valence-electron chi connectivity index (χ1n) is 15.6. The zero-order chi connectivity index (χ0) is 32.4. The maximum absolute atomic E-state index is 13.7. The first-order valence-corrected chi connectivity index (χ1v) is 17.1. The van der Waals surface area contributed by atoms with Crippen molar-refractivity contribution in [3.8, 4) is 0 Å². The van der Waals surface area contributed by atoms with Crippen LogP contribution < -0.4 is 15.4 Å². The van der Waals surface area contributed by atoms with Crippen molar-refractivity contribution < 1.29 is 32.3 Å². The minimum Gasteiger partial charge on any atom is -0.436 e. The van der Waals surface area contributed by atoms with Crippen molar-refractivity contribution in [2.45, 2.75) is 100 Å². The molecule has 11 nitrogen and oxygen atoms in total. The summed E-state index contributed by atoms with van der Waals surface area (Å²) in [7, 11) is -4.25. The van der Waals surface area contributed by atoms with Crippen LogP contribution in [-0.4, -0.2) is 66.9 Å². The number of nitrogens with zero attached hydrogens (tertiary/aromatic N) is 1. The second-order valence-corrected chi connectivity index (χ2v) is 14.9. The average molecular weight is 639 g/mol. The molecule has 1 aliphatic carbocycles. The molecule has 12 heteroatoms. The lowest BCUT2D eigenvalue weighted by atomic mass is 10.1. The molecule has 1 saturated carbocycles. The SMILES string of the molecule is CC(C)(C)NC(=O)O[C@H]1CCCCCC=C[C@@H]2C[C@@]2(C(=O)NS(=O)(=O)c2ccc3ccccc3c2)NC(=O)[C@@H]2CCCN2C1=O. The van der Waals surface area contributed by atoms with Gasteiger partial charge in [-0.2, -0.15) is 0 Å². The van der Waals surface area contributed by atoms with Gasteiger partial charge in [0, 0.05) is 18.0 Å². The zero-order valence-corrected chi connectivity index (χ0v) is 26.8. The Hall–Kier alpha value is -3.93. The molecular weight excluding hydrogens is 596 g/mol. The molecule has 2 aliphatic heterocycles. The van der Waals surface area contributed by atoms with Crippen molar-refractivity contribution >= 4 is 44.6 Å². The molecule has 0 unspecified atom stereocenters.